The smallest absolute Gasteiger partial charge is 0.248 e. The number of aryl methyl sites for hydroxylation is 2. The van der Waals surface area contributed by atoms with Crippen molar-refractivity contribution in [1.29, 1.82) is 0 Å². The van der Waals surface area contributed by atoms with Gasteiger partial charge in [-0.2, -0.15) is 0 Å². The highest BCUT2D eigenvalue weighted by atomic mass is 16.1. The Morgan fingerprint density at radius 2 is 2.31 bits per heavy atom. The van der Waals surface area contributed by atoms with Crippen molar-refractivity contribution in [2.24, 2.45) is 0 Å². The Hall–Kier alpha value is -1.05. The molecule has 0 saturated heterocycles. The van der Waals surface area contributed by atoms with Crippen LogP contribution in [0.2, 0.25) is 0 Å². The van der Waals surface area contributed by atoms with Crippen LogP contribution in [0.3, 0.4) is 0 Å². The summed E-state index contributed by atoms with van der Waals surface area (Å²) >= 11 is 0. The summed E-state index contributed by atoms with van der Waals surface area (Å²) in [6, 6.07) is 1.77. The minimum Gasteiger partial charge on any atom is -0.326 e. The van der Waals surface area contributed by atoms with E-state index in [4.69, 9.17) is 0 Å². The van der Waals surface area contributed by atoms with Crippen molar-refractivity contribution >= 4 is 0 Å². The molecule has 70 valence electrons. The van der Waals surface area contributed by atoms with Crippen LogP contribution in [-0.2, 0) is 19.3 Å². The van der Waals surface area contributed by atoms with E-state index in [0.29, 0.717) is 0 Å². The molecule has 2 rings (SSSR count). The van der Waals surface area contributed by atoms with Crippen molar-refractivity contribution in [2.45, 2.75) is 39.0 Å². The standard InChI is InChI=1S/C11H15NO/c1-2-4-10-9-6-3-5-8(9)7-11(13)12-10/h7H,2-6H2,1H3,(H,12,13). The molecule has 0 aromatic carbocycles. The maximum absolute atomic E-state index is 11.3. The fourth-order valence-electron chi connectivity index (χ4n) is 2.15. The number of aromatic nitrogens is 1. The summed E-state index contributed by atoms with van der Waals surface area (Å²) in [4.78, 5) is 14.2. The SMILES string of the molecule is CCCc1[nH]c(=O)cc2c1CCC2. The first-order chi connectivity index (χ1) is 6.31. The van der Waals surface area contributed by atoms with Crippen LogP contribution in [0.4, 0.5) is 0 Å². The van der Waals surface area contributed by atoms with Gasteiger partial charge in [0.05, 0.1) is 0 Å². The Balaban J connectivity index is 2.49. The summed E-state index contributed by atoms with van der Waals surface area (Å²) in [6.45, 7) is 2.15. The van der Waals surface area contributed by atoms with Gasteiger partial charge >= 0.3 is 0 Å². The summed E-state index contributed by atoms with van der Waals surface area (Å²) in [6.07, 6.45) is 5.57. The third-order valence-corrected chi connectivity index (χ3v) is 2.70. The second-order valence-electron chi connectivity index (χ2n) is 3.72. The molecule has 1 heterocycles. The van der Waals surface area contributed by atoms with Gasteiger partial charge in [0.1, 0.15) is 0 Å². The highest BCUT2D eigenvalue weighted by Gasteiger charge is 2.15. The van der Waals surface area contributed by atoms with E-state index in [9.17, 15) is 4.79 Å². The third kappa shape index (κ3) is 1.53. The molecule has 1 aromatic heterocycles. The zero-order valence-electron chi connectivity index (χ0n) is 8.02. The van der Waals surface area contributed by atoms with Crippen LogP contribution >= 0.6 is 0 Å². The quantitative estimate of drug-likeness (QED) is 0.734. The van der Waals surface area contributed by atoms with E-state index >= 15 is 0 Å². The van der Waals surface area contributed by atoms with Crippen LogP contribution in [0.25, 0.3) is 0 Å². The molecule has 1 aliphatic rings. The van der Waals surface area contributed by atoms with Gasteiger partial charge in [0.2, 0.25) is 5.56 Å². The fourth-order valence-corrected chi connectivity index (χ4v) is 2.15. The number of fused-ring (bicyclic) bond motifs is 1. The van der Waals surface area contributed by atoms with Gasteiger partial charge in [0.15, 0.2) is 0 Å². The molecular weight excluding hydrogens is 162 g/mol. The van der Waals surface area contributed by atoms with Crippen LogP contribution < -0.4 is 5.56 Å². The monoisotopic (exact) mass is 177 g/mol. The van der Waals surface area contributed by atoms with E-state index in [1.807, 2.05) is 0 Å². The average molecular weight is 177 g/mol. The molecule has 0 amide bonds. The van der Waals surface area contributed by atoms with Crippen LogP contribution in [0.1, 0.15) is 36.6 Å². The zero-order chi connectivity index (χ0) is 9.26. The Bertz CT molecular complexity index is 365. The summed E-state index contributed by atoms with van der Waals surface area (Å²) < 4.78 is 0. The highest BCUT2D eigenvalue weighted by Crippen LogP contribution is 2.22. The number of hydrogen-bond donors (Lipinski definition) is 1. The number of aromatic amines is 1. The van der Waals surface area contributed by atoms with Crippen molar-refractivity contribution in [3.8, 4) is 0 Å². The summed E-state index contributed by atoms with van der Waals surface area (Å²) in [5.74, 6) is 0. The second kappa shape index (κ2) is 3.36. The molecule has 0 unspecified atom stereocenters. The molecule has 1 N–H and O–H groups in total. The van der Waals surface area contributed by atoms with E-state index < -0.39 is 0 Å². The van der Waals surface area contributed by atoms with E-state index in [1.54, 1.807) is 6.07 Å². The average Bonchev–Trinajstić information content (AvgIpc) is 2.52. The first-order valence-corrected chi connectivity index (χ1v) is 5.05. The lowest BCUT2D eigenvalue weighted by Crippen LogP contribution is -2.11. The van der Waals surface area contributed by atoms with Crippen molar-refractivity contribution in [2.75, 3.05) is 0 Å². The Morgan fingerprint density at radius 1 is 1.46 bits per heavy atom. The van der Waals surface area contributed by atoms with Gasteiger partial charge in [-0.25, -0.2) is 0 Å². The molecule has 2 heteroatoms. The number of hydrogen-bond acceptors (Lipinski definition) is 1. The highest BCUT2D eigenvalue weighted by molar-refractivity contribution is 5.33. The molecule has 0 bridgehead atoms. The topological polar surface area (TPSA) is 32.9 Å². The summed E-state index contributed by atoms with van der Waals surface area (Å²) in [5.41, 5.74) is 3.96. The molecule has 2 nitrogen and oxygen atoms in total. The maximum atomic E-state index is 11.3. The number of nitrogens with one attached hydrogen (secondary N) is 1. The first kappa shape index (κ1) is 8.54. The van der Waals surface area contributed by atoms with Crippen molar-refractivity contribution in [1.82, 2.24) is 4.98 Å². The van der Waals surface area contributed by atoms with Crippen LogP contribution in [0.15, 0.2) is 10.9 Å². The fraction of sp³-hybridized carbons (Fsp3) is 0.545. The van der Waals surface area contributed by atoms with Crippen LogP contribution in [-0.4, -0.2) is 4.98 Å². The Morgan fingerprint density at radius 3 is 3.08 bits per heavy atom. The summed E-state index contributed by atoms with van der Waals surface area (Å²) in [5, 5.41) is 0. The first-order valence-electron chi connectivity index (χ1n) is 5.05. The molecule has 1 aliphatic carbocycles. The zero-order valence-corrected chi connectivity index (χ0v) is 8.02. The lowest BCUT2D eigenvalue weighted by Gasteiger charge is -2.05. The van der Waals surface area contributed by atoms with Crippen molar-refractivity contribution in [3.63, 3.8) is 0 Å². The molecular formula is C11H15NO. The van der Waals surface area contributed by atoms with Gasteiger partial charge in [-0.3, -0.25) is 4.79 Å². The van der Waals surface area contributed by atoms with E-state index in [1.165, 1.54) is 23.2 Å². The molecule has 0 aliphatic heterocycles. The number of H-pyrrole nitrogens is 1. The maximum Gasteiger partial charge on any atom is 0.248 e. The molecule has 0 radical (unpaired) electrons. The minimum absolute atomic E-state index is 0.0732. The normalized spacial score (nSPS) is 14.5. The Labute approximate surface area is 78.0 Å². The van der Waals surface area contributed by atoms with Gasteiger partial charge < -0.3 is 4.98 Å². The Kier molecular flexibility index (Phi) is 2.21. The van der Waals surface area contributed by atoms with Crippen LogP contribution in [0.5, 0.6) is 0 Å². The van der Waals surface area contributed by atoms with E-state index in [-0.39, 0.29) is 5.56 Å². The predicted octanol–water partition coefficient (Wildman–Crippen LogP) is 1.82. The predicted molar refractivity (Wildman–Crippen MR) is 53.1 cm³/mol. The second-order valence-corrected chi connectivity index (χ2v) is 3.72. The minimum atomic E-state index is 0.0732. The van der Waals surface area contributed by atoms with Gasteiger partial charge in [-0.1, -0.05) is 13.3 Å². The van der Waals surface area contributed by atoms with E-state index in [0.717, 1.165) is 25.7 Å². The molecule has 0 fully saturated rings. The largest absolute Gasteiger partial charge is 0.326 e. The molecule has 0 spiro atoms. The third-order valence-electron chi connectivity index (χ3n) is 2.70. The van der Waals surface area contributed by atoms with Gasteiger partial charge in [-0.05, 0) is 36.8 Å². The molecule has 1 aromatic rings. The van der Waals surface area contributed by atoms with Crippen molar-refractivity contribution in [3.05, 3.63) is 33.2 Å². The van der Waals surface area contributed by atoms with Gasteiger partial charge in [0.25, 0.3) is 0 Å². The van der Waals surface area contributed by atoms with Crippen LogP contribution in [0, 0.1) is 0 Å². The number of pyridine rings is 1. The lowest BCUT2D eigenvalue weighted by atomic mass is 10.1. The van der Waals surface area contributed by atoms with Gasteiger partial charge in [0, 0.05) is 11.8 Å². The lowest BCUT2D eigenvalue weighted by molar-refractivity contribution is 0.845. The van der Waals surface area contributed by atoms with Crippen molar-refractivity contribution < 1.29 is 0 Å². The number of rotatable bonds is 2. The summed E-state index contributed by atoms with van der Waals surface area (Å²) in [7, 11) is 0. The van der Waals surface area contributed by atoms with E-state index in [2.05, 4.69) is 11.9 Å². The molecule has 0 saturated carbocycles. The van der Waals surface area contributed by atoms with Gasteiger partial charge in [-0.15, -0.1) is 0 Å². The molecule has 0 atom stereocenters. The molecule has 13 heavy (non-hydrogen) atoms.